The Hall–Kier alpha value is -1.69. The third-order valence-electron chi connectivity index (χ3n) is 2.82. The van der Waals surface area contributed by atoms with Gasteiger partial charge in [0.15, 0.2) is 5.82 Å². The number of halogens is 1. The van der Waals surface area contributed by atoms with Crippen LogP contribution in [-0.4, -0.2) is 26.7 Å². The number of hydrogen-bond donors (Lipinski definition) is 1. The Kier molecular flexibility index (Phi) is 4.54. The van der Waals surface area contributed by atoms with Crippen molar-refractivity contribution in [3.8, 4) is 0 Å². The highest BCUT2D eigenvalue weighted by atomic mass is 35.5. The first-order valence-electron chi connectivity index (χ1n) is 6.54. The summed E-state index contributed by atoms with van der Waals surface area (Å²) >= 11 is 6.13. The first-order valence-corrected chi connectivity index (χ1v) is 6.92. The van der Waals surface area contributed by atoms with E-state index in [4.69, 9.17) is 16.1 Å². The first-order chi connectivity index (χ1) is 9.47. The van der Waals surface area contributed by atoms with Gasteiger partial charge in [-0.1, -0.05) is 30.6 Å². The quantitative estimate of drug-likeness (QED) is 0.855. The predicted octanol–water partition coefficient (Wildman–Crippen LogP) is 2.91. The van der Waals surface area contributed by atoms with Crippen molar-refractivity contribution in [3.05, 3.63) is 28.3 Å². The summed E-state index contributed by atoms with van der Waals surface area (Å²) in [6, 6.07) is 0. The molecule has 0 atom stereocenters. The van der Waals surface area contributed by atoms with Gasteiger partial charge in [-0.15, -0.1) is 0 Å². The summed E-state index contributed by atoms with van der Waals surface area (Å²) in [6.45, 7) is 8.40. The minimum absolute atomic E-state index is 0.229. The van der Waals surface area contributed by atoms with E-state index < -0.39 is 0 Å². The Morgan fingerprint density at radius 2 is 1.95 bits per heavy atom. The molecule has 0 fully saturated rings. The van der Waals surface area contributed by atoms with Gasteiger partial charge in [0.05, 0.1) is 0 Å². The van der Waals surface area contributed by atoms with Crippen molar-refractivity contribution in [2.24, 2.45) is 0 Å². The number of anilines is 1. The SMILES string of the molecule is Cc1noc(CCNc2nc(C(C)C)nc(Cl)c2C)n1. The second kappa shape index (κ2) is 6.17. The molecule has 20 heavy (non-hydrogen) atoms. The number of aryl methyl sites for hydroxylation is 1. The molecule has 6 nitrogen and oxygen atoms in total. The second-order valence-electron chi connectivity index (χ2n) is 4.91. The van der Waals surface area contributed by atoms with Crippen molar-refractivity contribution < 1.29 is 4.52 Å². The number of aromatic nitrogens is 4. The van der Waals surface area contributed by atoms with Gasteiger partial charge < -0.3 is 9.84 Å². The lowest BCUT2D eigenvalue weighted by atomic mass is 10.2. The lowest BCUT2D eigenvalue weighted by molar-refractivity contribution is 0.377. The molecule has 1 N–H and O–H groups in total. The van der Waals surface area contributed by atoms with Crippen molar-refractivity contribution >= 4 is 17.4 Å². The molecular weight excluding hydrogens is 278 g/mol. The van der Waals surface area contributed by atoms with E-state index in [2.05, 4.69) is 25.4 Å². The van der Waals surface area contributed by atoms with Gasteiger partial charge in [-0.2, -0.15) is 4.98 Å². The fourth-order valence-corrected chi connectivity index (χ4v) is 1.84. The summed E-state index contributed by atoms with van der Waals surface area (Å²) in [4.78, 5) is 12.9. The van der Waals surface area contributed by atoms with Crippen LogP contribution >= 0.6 is 11.6 Å². The van der Waals surface area contributed by atoms with Crippen molar-refractivity contribution in [3.63, 3.8) is 0 Å². The van der Waals surface area contributed by atoms with E-state index in [0.717, 1.165) is 17.2 Å². The third kappa shape index (κ3) is 3.45. The maximum atomic E-state index is 6.13. The summed E-state index contributed by atoms with van der Waals surface area (Å²) in [6.07, 6.45) is 0.638. The second-order valence-corrected chi connectivity index (χ2v) is 5.27. The first kappa shape index (κ1) is 14.7. The molecule has 2 aromatic rings. The molecule has 0 unspecified atom stereocenters. The highest BCUT2D eigenvalue weighted by Gasteiger charge is 2.12. The minimum atomic E-state index is 0.229. The molecule has 0 saturated carbocycles. The Morgan fingerprint density at radius 3 is 2.55 bits per heavy atom. The topological polar surface area (TPSA) is 76.7 Å². The summed E-state index contributed by atoms with van der Waals surface area (Å²) < 4.78 is 5.06. The largest absolute Gasteiger partial charge is 0.369 e. The van der Waals surface area contributed by atoms with Crippen molar-refractivity contribution in [2.45, 2.75) is 40.0 Å². The van der Waals surface area contributed by atoms with Crippen molar-refractivity contribution in [2.75, 3.05) is 11.9 Å². The fraction of sp³-hybridized carbons (Fsp3) is 0.538. The van der Waals surface area contributed by atoms with E-state index in [0.29, 0.717) is 29.8 Å². The Balaban J connectivity index is 2.05. The van der Waals surface area contributed by atoms with Gasteiger partial charge in [-0.25, -0.2) is 9.97 Å². The number of hydrogen-bond acceptors (Lipinski definition) is 6. The monoisotopic (exact) mass is 295 g/mol. The molecule has 0 amide bonds. The van der Waals surface area contributed by atoms with Crippen LogP contribution in [0.15, 0.2) is 4.52 Å². The van der Waals surface area contributed by atoms with E-state index in [1.54, 1.807) is 6.92 Å². The van der Waals surface area contributed by atoms with Crippen LogP contribution < -0.4 is 5.32 Å². The van der Waals surface area contributed by atoms with Gasteiger partial charge in [-0.05, 0) is 13.8 Å². The van der Waals surface area contributed by atoms with Crippen LogP contribution in [0.5, 0.6) is 0 Å². The van der Waals surface area contributed by atoms with Crippen molar-refractivity contribution in [1.82, 2.24) is 20.1 Å². The maximum Gasteiger partial charge on any atom is 0.228 e. The van der Waals surface area contributed by atoms with E-state index in [9.17, 15) is 0 Å². The lowest BCUT2D eigenvalue weighted by Gasteiger charge is -2.12. The molecule has 2 heterocycles. The zero-order chi connectivity index (χ0) is 14.7. The van der Waals surface area contributed by atoms with E-state index in [1.807, 2.05) is 20.8 Å². The molecule has 2 aromatic heterocycles. The van der Waals surface area contributed by atoms with Gasteiger partial charge in [0.1, 0.15) is 16.8 Å². The highest BCUT2D eigenvalue weighted by Crippen LogP contribution is 2.22. The molecule has 0 aliphatic rings. The van der Waals surface area contributed by atoms with Gasteiger partial charge in [0.25, 0.3) is 0 Å². The zero-order valence-corrected chi connectivity index (χ0v) is 12.8. The molecule has 0 aliphatic carbocycles. The minimum Gasteiger partial charge on any atom is -0.369 e. The van der Waals surface area contributed by atoms with Gasteiger partial charge in [-0.3, -0.25) is 0 Å². The standard InChI is InChI=1S/C13H18ClN5O/c1-7(2)12-17-11(14)8(3)13(18-12)15-6-5-10-16-9(4)19-20-10/h7H,5-6H2,1-4H3,(H,15,17,18). The number of nitrogens with one attached hydrogen (secondary N) is 1. The van der Waals surface area contributed by atoms with E-state index in [1.165, 1.54) is 0 Å². The highest BCUT2D eigenvalue weighted by molar-refractivity contribution is 6.30. The maximum absolute atomic E-state index is 6.13. The van der Waals surface area contributed by atoms with Crippen molar-refractivity contribution in [1.29, 1.82) is 0 Å². The molecule has 0 spiro atoms. The molecule has 0 aliphatic heterocycles. The van der Waals surface area contributed by atoms with Crippen LogP contribution in [0.1, 0.15) is 42.9 Å². The number of rotatable bonds is 5. The summed E-state index contributed by atoms with van der Waals surface area (Å²) in [5.41, 5.74) is 0.845. The number of nitrogens with zero attached hydrogens (tertiary/aromatic N) is 4. The fourth-order valence-electron chi connectivity index (χ4n) is 1.67. The molecule has 0 saturated heterocycles. The predicted molar refractivity (Wildman–Crippen MR) is 77.1 cm³/mol. The van der Waals surface area contributed by atoms with Crippen LogP contribution in [0, 0.1) is 13.8 Å². The molecule has 0 aromatic carbocycles. The Bertz CT molecular complexity index is 596. The van der Waals surface area contributed by atoms with Crippen LogP contribution in [0.2, 0.25) is 5.15 Å². The van der Waals surface area contributed by atoms with Gasteiger partial charge in [0, 0.05) is 24.4 Å². The van der Waals surface area contributed by atoms with Crippen LogP contribution in [-0.2, 0) is 6.42 Å². The van der Waals surface area contributed by atoms with E-state index in [-0.39, 0.29) is 5.92 Å². The molecule has 0 bridgehead atoms. The Morgan fingerprint density at radius 1 is 1.20 bits per heavy atom. The average molecular weight is 296 g/mol. The van der Waals surface area contributed by atoms with Crippen LogP contribution in [0.3, 0.4) is 0 Å². The Labute approximate surface area is 123 Å². The van der Waals surface area contributed by atoms with Crippen LogP contribution in [0.25, 0.3) is 0 Å². The normalized spacial score (nSPS) is 11.1. The summed E-state index contributed by atoms with van der Waals surface area (Å²) in [7, 11) is 0. The zero-order valence-electron chi connectivity index (χ0n) is 12.1. The molecule has 2 rings (SSSR count). The lowest BCUT2D eigenvalue weighted by Crippen LogP contribution is -2.11. The van der Waals surface area contributed by atoms with Crippen LogP contribution in [0.4, 0.5) is 5.82 Å². The van der Waals surface area contributed by atoms with Gasteiger partial charge in [0.2, 0.25) is 5.89 Å². The van der Waals surface area contributed by atoms with E-state index >= 15 is 0 Å². The molecule has 0 radical (unpaired) electrons. The van der Waals surface area contributed by atoms with Gasteiger partial charge >= 0.3 is 0 Å². The summed E-state index contributed by atoms with van der Waals surface area (Å²) in [5, 5.41) is 7.48. The summed E-state index contributed by atoms with van der Waals surface area (Å²) in [5.74, 6) is 2.97. The average Bonchev–Trinajstić information content (AvgIpc) is 2.80. The molecular formula is C13H18ClN5O. The third-order valence-corrected chi connectivity index (χ3v) is 3.19. The molecule has 7 heteroatoms. The smallest absolute Gasteiger partial charge is 0.228 e. The molecule has 108 valence electrons.